The van der Waals surface area contributed by atoms with Crippen molar-refractivity contribution in [2.75, 3.05) is 4.90 Å². The molecule has 0 saturated heterocycles. The standard InChI is InChI=1S/C51H32N6O/c1-7-20-39-36(18-1)37-29-28-31(30-45(37)55(39)44-25-13-27-47-48(44)38-19-6-12-26-46(38)58-47)49-52-50(56-40-21-8-2-14-32(40)33-15-3-9-22-41(33)56)54-51(53-49)57-42-23-10-4-16-34(42)35-17-5-11-24-43(35)57/h1-30,32,40H. The van der Waals surface area contributed by atoms with Gasteiger partial charge in [0.25, 0.3) is 0 Å². The first-order valence-electron chi connectivity index (χ1n) is 19.7. The molecule has 2 aliphatic rings. The highest BCUT2D eigenvalue weighted by atomic mass is 16.3. The first-order chi connectivity index (χ1) is 28.8. The first kappa shape index (κ1) is 31.4. The van der Waals surface area contributed by atoms with E-state index < -0.39 is 0 Å². The second-order valence-corrected chi connectivity index (χ2v) is 15.2. The van der Waals surface area contributed by atoms with Crippen LogP contribution in [-0.4, -0.2) is 30.1 Å². The Morgan fingerprint density at radius 3 is 1.84 bits per heavy atom. The summed E-state index contributed by atoms with van der Waals surface area (Å²) in [5.74, 6) is 1.97. The maximum atomic E-state index is 6.39. The average Bonchev–Trinajstić information content (AvgIpc) is 4.02. The van der Waals surface area contributed by atoms with E-state index in [0.29, 0.717) is 17.7 Å². The lowest BCUT2D eigenvalue weighted by Gasteiger charge is -2.27. The average molecular weight is 745 g/mol. The summed E-state index contributed by atoms with van der Waals surface area (Å²) in [6.45, 7) is 0. The molecule has 5 heterocycles. The SMILES string of the molecule is C1=CC2c3ccccc3N(c3nc(-c4ccc5c6ccccc6n(-c6cccc7oc8ccccc8c67)c5c4)nc(-n4c5ccccc5c5ccccc54)n3)C2C=C1. The smallest absolute Gasteiger partial charge is 0.240 e. The molecule has 1 aliphatic carbocycles. The summed E-state index contributed by atoms with van der Waals surface area (Å²) < 4.78 is 10.9. The molecule has 0 saturated carbocycles. The van der Waals surface area contributed by atoms with Gasteiger partial charge in [0.1, 0.15) is 11.2 Å². The molecule has 272 valence electrons. The number of benzene rings is 7. The zero-order valence-electron chi connectivity index (χ0n) is 31.1. The van der Waals surface area contributed by atoms with Gasteiger partial charge in [-0.3, -0.25) is 4.57 Å². The Kier molecular flexibility index (Phi) is 6.43. The predicted octanol–water partition coefficient (Wildman–Crippen LogP) is 12.4. The third-order valence-electron chi connectivity index (χ3n) is 12.1. The van der Waals surface area contributed by atoms with Crippen LogP contribution in [0.15, 0.2) is 186 Å². The van der Waals surface area contributed by atoms with Gasteiger partial charge >= 0.3 is 0 Å². The fraction of sp³-hybridized carbons (Fsp3) is 0.0392. The van der Waals surface area contributed by atoms with Crippen molar-refractivity contribution in [1.29, 1.82) is 0 Å². The van der Waals surface area contributed by atoms with Crippen molar-refractivity contribution in [3.8, 4) is 23.0 Å². The van der Waals surface area contributed by atoms with Gasteiger partial charge in [0.2, 0.25) is 11.9 Å². The Labute approximate surface area is 332 Å². The molecule has 13 rings (SSSR count). The molecule has 0 amide bonds. The van der Waals surface area contributed by atoms with E-state index in [0.717, 1.165) is 77.1 Å². The van der Waals surface area contributed by atoms with Crippen molar-refractivity contribution in [3.63, 3.8) is 0 Å². The zero-order chi connectivity index (χ0) is 37.9. The van der Waals surface area contributed by atoms with Crippen molar-refractivity contribution in [1.82, 2.24) is 24.1 Å². The number of para-hydroxylation sites is 5. The number of aromatic nitrogens is 5. The van der Waals surface area contributed by atoms with Crippen LogP contribution in [-0.2, 0) is 0 Å². The van der Waals surface area contributed by atoms with Gasteiger partial charge < -0.3 is 13.9 Å². The van der Waals surface area contributed by atoms with E-state index in [-0.39, 0.29) is 12.0 Å². The van der Waals surface area contributed by atoms with Gasteiger partial charge in [0, 0.05) is 44.1 Å². The summed E-state index contributed by atoms with van der Waals surface area (Å²) in [5.41, 5.74) is 10.3. The van der Waals surface area contributed by atoms with E-state index in [4.69, 9.17) is 19.4 Å². The Hall–Kier alpha value is -7.77. The summed E-state index contributed by atoms with van der Waals surface area (Å²) in [7, 11) is 0. The second-order valence-electron chi connectivity index (χ2n) is 15.2. The molecule has 0 fully saturated rings. The van der Waals surface area contributed by atoms with Gasteiger partial charge in [-0.25, -0.2) is 0 Å². The van der Waals surface area contributed by atoms with Gasteiger partial charge in [-0.2, -0.15) is 15.0 Å². The summed E-state index contributed by atoms with van der Waals surface area (Å²) in [6.07, 6.45) is 8.83. The van der Waals surface area contributed by atoms with Gasteiger partial charge in [0.15, 0.2) is 5.82 Å². The maximum absolute atomic E-state index is 6.39. The quantitative estimate of drug-likeness (QED) is 0.179. The Bertz CT molecular complexity index is 3510. The monoisotopic (exact) mass is 744 g/mol. The molecule has 11 aromatic rings. The van der Waals surface area contributed by atoms with Crippen LogP contribution in [0.25, 0.3) is 88.6 Å². The summed E-state index contributed by atoms with van der Waals surface area (Å²) >= 11 is 0. The van der Waals surface area contributed by atoms with E-state index in [9.17, 15) is 0 Å². The number of anilines is 2. The van der Waals surface area contributed by atoms with E-state index >= 15 is 0 Å². The minimum Gasteiger partial charge on any atom is -0.456 e. The topological polar surface area (TPSA) is 64.9 Å². The minimum atomic E-state index is 0.0268. The molecular formula is C51H32N6O. The van der Waals surface area contributed by atoms with Gasteiger partial charge in [-0.1, -0.05) is 133 Å². The van der Waals surface area contributed by atoms with Crippen LogP contribution >= 0.6 is 0 Å². The van der Waals surface area contributed by atoms with Crippen molar-refractivity contribution in [2.24, 2.45) is 0 Å². The van der Waals surface area contributed by atoms with Crippen molar-refractivity contribution in [2.45, 2.75) is 12.0 Å². The van der Waals surface area contributed by atoms with Crippen molar-refractivity contribution < 1.29 is 4.42 Å². The van der Waals surface area contributed by atoms with Crippen LogP contribution in [0.1, 0.15) is 11.5 Å². The molecule has 0 N–H and O–H groups in total. The van der Waals surface area contributed by atoms with Crippen LogP contribution in [0, 0.1) is 0 Å². The summed E-state index contributed by atoms with van der Waals surface area (Å²) in [6, 6.07) is 55.5. The number of nitrogens with zero attached hydrogens (tertiary/aromatic N) is 6. The molecule has 0 radical (unpaired) electrons. The largest absolute Gasteiger partial charge is 0.456 e. The number of furan rings is 1. The van der Waals surface area contributed by atoms with Crippen LogP contribution in [0.3, 0.4) is 0 Å². The maximum Gasteiger partial charge on any atom is 0.240 e. The van der Waals surface area contributed by atoms with Gasteiger partial charge in [-0.15, -0.1) is 0 Å². The third kappa shape index (κ3) is 4.35. The predicted molar refractivity (Wildman–Crippen MR) is 235 cm³/mol. The number of rotatable bonds is 4. The third-order valence-corrected chi connectivity index (χ3v) is 12.1. The molecule has 2 unspecified atom stereocenters. The van der Waals surface area contributed by atoms with Crippen LogP contribution in [0.2, 0.25) is 0 Å². The number of hydrogen-bond donors (Lipinski definition) is 0. The normalized spacial score (nSPS) is 16.1. The molecule has 7 aromatic carbocycles. The van der Waals surface area contributed by atoms with Crippen LogP contribution in [0.5, 0.6) is 0 Å². The van der Waals surface area contributed by atoms with Crippen LogP contribution < -0.4 is 4.90 Å². The Balaban J connectivity index is 1.10. The summed E-state index contributed by atoms with van der Waals surface area (Å²) in [4.78, 5) is 18.5. The lowest BCUT2D eigenvalue weighted by molar-refractivity contribution is 0.669. The first-order valence-corrected chi connectivity index (χ1v) is 19.7. The molecule has 0 bridgehead atoms. The number of allylic oxidation sites excluding steroid dienone is 2. The minimum absolute atomic E-state index is 0.0268. The Morgan fingerprint density at radius 2 is 1.05 bits per heavy atom. The molecular weight excluding hydrogens is 713 g/mol. The molecule has 1 aliphatic heterocycles. The lowest BCUT2D eigenvalue weighted by Crippen LogP contribution is -2.30. The van der Waals surface area contributed by atoms with E-state index in [1.54, 1.807) is 0 Å². The molecule has 58 heavy (non-hydrogen) atoms. The summed E-state index contributed by atoms with van der Waals surface area (Å²) in [5, 5.41) is 6.80. The van der Waals surface area contributed by atoms with E-state index in [2.05, 4.69) is 184 Å². The molecule has 7 heteroatoms. The van der Waals surface area contributed by atoms with Crippen LogP contribution in [0.4, 0.5) is 11.6 Å². The van der Waals surface area contributed by atoms with E-state index in [1.807, 2.05) is 12.1 Å². The zero-order valence-corrected chi connectivity index (χ0v) is 31.1. The fourth-order valence-corrected chi connectivity index (χ4v) is 9.66. The van der Waals surface area contributed by atoms with Crippen molar-refractivity contribution in [3.05, 3.63) is 188 Å². The highest BCUT2D eigenvalue weighted by Gasteiger charge is 2.39. The van der Waals surface area contributed by atoms with Gasteiger partial charge in [0.05, 0.1) is 39.2 Å². The fourth-order valence-electron chi connectivity index (χ4n) is 9.66. The molecule has 4 aromatic heterocycles. The van der Waals surface area contributed by atoms with Gasteiger partial charge in [-0.05, 0) is 54.1 Å². The Morgan fingerprint density at radius 1 is 0.448 bits per heavy atom. The molecule has 2 atom stereocenters. The highest BCUT2D eigenvalue weighted by molar-refractivity contribution is 6.15. The molecule has 0 spiro atoms. The van der Waals surface area contributed by atoms with Crippen molar-refractivity contribution >= 4 is 77.2 Å². The molecule has 7 nitrogen and oxygen atoms in total. The number of hydrogen-bond acceptors (Lipinski definition) is 5. The number of fused-ring (bicyclic) bond motifs is 12. The van der Waals surface area contributed by atoms with E-state index in [1.165, 1.54) is 10.9 Å². The lowest BCUT2D eigenvalue weighted by atomic mass is 9.92. The second kappa shape index (κ2) is 11.9. The highest BCUT2D eigenvalue weighted by Crippen LogP contribution is 2.47.